The Morgan fingerprint density at radius 1 is 1.08 bits per heavy atom. The van der Waals surface area contributed by atoms with Crippen LogP contribution in [0, 0.1) is 0 Å². The summed E-state index contributed by atoms with van der Waals surface area (Å²) in [5.74, 6) is 0. The van der Waals surface area contributed by atoms with E-state index in [9.17, 15) is 0 Å². The van der Waals surface area contributed by atoms with Crippen molar-refractivity contribution in [2.45, 2.75) is 12.2 Å². The van der Waals surface area contributed by atoms with Crippen LogP contribution in [0.5, 0.6) is 0 Å². The molecule has 2 aliphatic rings. The van der Waals surface area contributed by atoms with Crippen LogP contribution in [-0.2, 0) is 14.2 Å². The third-order valence-corrected chi connectivity index (χ3v) is 1.58. The van der Waals surface area contributed by atoms with Gasteiger partial charge in [0.15, 0.2) is 0 Å². The molecule has 0 amide bonds. The fourth-order valence-corrected chi connectivity index (χ4v) is 0.659. The van der Waals surface area contributed by atoms with Gasteiger partial charge in [-0.2, -0.15) is 0 Å². The zero-order valence-corrected chi connectivity index (χ0v) is 7.78. The van der Waals surface area contributed by atoms with Crippen LogP contribution in [0.3, 0.4) is 0 Å². The van der Waals surface area contributed by atoms with Crippen LogP contribution in [0.2, 0.25) is 0 Å². The van der Waals surface area contributed by atoms with E-state index >= 15 is 0 Å². The van der Waals surface area contributed by atoms with E-state index in [2.05, 4.69) is 13.2 Å². The molecule has 74 valence electrons. The zero-order valence-electron chi connectivity index (χ0n) is 7.78. The minimum atomic E-state index is 0.392. The predicted octanol–water partition coefficient (Wildman–Crippen LogP) is 1.16. The number of rotatable bonds is 5. The Bertz CT molecular complexity index is 142. The van der Waals surface area contributed by atoms with E-state index in [0.29, 0.717) is 12.2 Å². The molecule has 2 saturated heterocycles. The fraction of sp³-hybridized carbons (Fsp3) is 0.600. The highest BCUT2D eigenvalue weighted by molar-refractivity contribution is 4.88. The quantitative estimate of drug-likeness (QED) is 0.475. The van der Waals surface area contributed by atoms with Crippen LogP contribution < -0.4 is 0 Å². The molecular weight excluding hydrogens is 168 g/mol. The molecule has 0 N–H and O–H groups in total. The summed E-state index contributed by atoms with van der Waals surface area (Å²) in [6.45, 7) is 9.98. The van der Waals surface area contributed by atoms with Crippen molar-refractivity contribution in [2.24, 2.45) is 0 Å². The molecule has 2 aliphatic heterocycles. The van der Waals surface area contributed by atoms with Crippen molar-refractivity contribution in [1.29, 1.82) is 0 Å². The molecule has 0 bridgehead atoms. The highest BCUT2D eigenvalue weighted by atomic mass is 16.6. The van der Waals surface area contributed by atoms with Gasteiger partial charge >= 0.3 is 0 Å². The molecule has 0 aliphatic carbocycles. The Labute approximate surface area is 79.0 Å². The molecular formula is C10H16O3. The lowest BCUT2D eigenvalue weighted by Gasteiger charge is -1.95. The molecule has 13 heavy (non-hydrogen) atoms. The fourth-order valence-electron chi connectivity index (χ4n) is 0.659. The minimum Gasteiger partial charge on any atom is -0.376 e. The van der Waals surface area contributed by atoms with E-state index in [0.717, 1.165) is 26.4 Å². The number of hydrogen-bond acceptors (Lipinski definition) is 3. The molecule has 3 heteroatoms. The highest BCUT2D eigenvalue weighted by Gasteiger charge is 2.26. The number of ether oxygens (including phenoxy) is 3. The van der Waals surface area contributed by atoms with Gasteiger partial charge in [0.2, 0.25) is 0 Å². The predicted molar refractivity (Wildman–Crippen MR) is 50.7 cm³/mol. The Balaban J connectivity index is 0.000000184. The average Bonchev–Trinajstić information content (AvgIpc) is 2.98. The summed E-state index contributed by atoms with van der Waals surface area (Å²) < 4.78 is 15.1. The van der Waals surface area contributed by atoms with Crippen LogP contribution in [-0.4, -0.2) is 38.6 Å². The van der Waals surface area contributed by atoms with Gasteiger partial charge in [-0.25, -0.2) is 0 Å². The monoisotopic (exact) mass is 184 g/mol. The largest absolute Gasteiger partial charge is 0.376 e. The molecule has 2 atom stereocenters. The minimum absolute atomic E-state index is 0.392. The lowest BCUT2D eigenvalue weighted by Crippen LogP contribution is -2.06. The second kappa shape index (κ2) is 5.91. The van der Waals surface area contributed by atoms with E-state index in [-0.39, 0.29) is 0 Å². The summed E-state index contributed by atoms with van der Waals surface area (Å²) in [6, 6.07) is 0. The molecule has 3 nitrogen and oxygen atoms in total. The standard InChI is InChI=1S/C6H10O3.C4H6/c1(5-3-8-5)7-2-6-4-9-6;1-3-4-2/h5-6H,1-4H2;3-4H,1-2H2. The molecule has 0 spiro atoms. The second-order valence-corrected chi connectivity index (χ2v) is 2.92. The van der Waals surface area contributed by atoms with Gasteiger partial charge in [0.1, 0.15) is 12.2 Å². The molecule has 0 aromatic heterocycles. The van der Waals surface area contributed by atoms with Gasteiger partial charge in [0.25, 0.3) is 0 Å². The summed E-state index contributed by atoms with van der Waals surface area (Å²) in [4.78, 5) is 0. The number of hydrogen-bond donors (Lipinski definition) is 0. The van der Waals surface area contributed by atoms with Crippen molar-refractivity contribution in [3.63, 3.8) is 0 Å². The SMILES string of the molecule is C(OCC1CO1)C1CO1.C=CC=C. The molecule has 0 radical (unpaired) electrons. The van der Waals surface area contributed by atoms with Crippen LogP contribution >= 0.6 is 0 Å². The molecule has 0 saturated carbocycles. The van der Waals surface area contributed by atoms with Crippen molar-refractivity contribution < 1.29 is 14.2 Å². The van der Waals surface area contributed by atoms with Gasteiger partial charge in [-0.15, -0.1) is 0 Å². The number of allylic oxidation sites excluding steroid dienone is 2. The first-order chi connectivity index (χ1) is 6.36. The van der Waals surface area contributed by atoms with E-state index < -0.39 is 0 Å². The van der Waals surface area contributed by atoms with Gasteiger partial charge in [-0.3, -0.25) is 0 Å². The molecule has 2 unspecified atom stereocenters. The van der Waals surface area contributed by atoms with Gasteiger partial charge in [-0.05, 0) is 0 Å². The Morgan fingerprint density at radius 3 is 1.69 bits per heavy atom. The lowest BCUT2D eigenvalue weighted by atomic mass is 10.5. The Kier molecular flexibility index (Phi) is 4.75. The highest BCUT2D eigenvalue weighted by Crippen LogP contribution is 2.12. The maximum absolute atomic E-state index is 5.23. The summed E-state index contributed by atoms with van der Waals surface area (Å²) in [7, 11) is 0. The second-order valence-electron chi connectivity index (χ2n) is 2.92. The van der Waals surface area contributed by atoms with E-state index in [1.807, 2.05) is 0 Å². The third kappa shape index (κ3) is 6.51. The Hall–Kier alpha value is -0.640. The molecule has 2 rings (SSSR count). The zero-order chi connectivity index (χ0) is 9.52. The smallest absolute Gasteiger partial charge is 0.104 e. The van der Waals surface area contributed by atoms with Gasteiger partial charge in [0, 0.05) is 0 Å². The maximum Gasteiger partial charge on any atom is 0.104 e. The summed E-state index contributed by atoms with van der Waals surface area (Å²) in [5.41, 5.74) is 0. The average molecular weight is 184 g/mol. The molecule has 2 heterocycles. The van der Waals surface area contributed by atoms with E-state index in [1.165, 1.54) is 0 Å². The van der Waals surface area contributed by atoms with Gasteiger partial charge in [-0.1, -0.05) is 25.3 Å². The molecule has 0 aromatic carbocycles. The van der Waals surface area contributed by atoms with Crippen LogP contribution in [0.15, 0.2) is 25.3 Å². The maximum atomic E-state index is 5.23. The van der Waals surface area contributed by atoms with E-state index in [4.69, 9.17) is 14.2 Å². The van der Waals surface area contributed by atoms with Crippen molar-refractivity contribution in [3.05, 3.63) is 25.3 Å². The number of epoxide rings is 2. The normalized spacial score (nSPS) is 28.3. The van der Waals surface area contributed by atoms with Crippen LogP contribution in [0.25, 0.3) is 0 Å². The Morgan fingerprint density at radius 2 is 1.46 bits per heavy atom. The first-order valence-electron chi connectivity index (χ1n) is 4.41. The molecule has 0 aromatic rings. The third-order valence-electron chi connectivity index (χ3n) is 1.58. The summed E-state index contributed by atoms with van der Waals surface area (Å²) >= 11 is 0. The topological polar surface area (TPSA) is 34.3 Å². The van der Waals surface area contributed by atoms with Crippen LogP contribution in [0.1, 0.15) is 0 Å². The summed E-state index contributed by atoms with van der Waals surface area (Å²) in [5, 5.41) is 0. The van der Waals surface area contributed by atoms with Gasteiger partial charge < -0.3 is 14.2 Å². The van der Waals surface area contributed by atoms with Crippen molar-refractivity contribution >= 4 is 0 Å². The van der Waals surface area contributed by atoms with Crippen molar-refractivity contribution in [2.75, 3.05) is 26.4 Å². The lowest BCUT2D eigenvalue weighted by molar-refractivity contribution is 0.102. The first-order valence-corrected chi connectivity index (χ1v) is 4.41. The van der Waals surface area contributed by atoms with Crippen LogP contribution in [0.4, 0.5) is 0 Å². The van der Waals surface area contributed by atoms with Gasteiger partial charge in [0.05, 0.1) is 26.4 Å². The van der Waals surface area contributed by atoms with Crippen molar-refractivity contribution in [3.8, 4) is 0 Å². The molecule has 2 fully saturated rings. The van der Waals surface area contributed by atoms with Crippen molar-refractivity contribution in [1.82, 2.24) is 0 Å². The first kappa shape index (κ1) is 10.4. The van der Waals surface area contributed by atoms with E-state index in [1.54, 1.807) is 12.2 Å². The summed E-state index contributed by atoms with van der Waals surface area (Å²) in [6.07, 6.45) is 4.06.